The van der Waals surface area contributed by atoms with Crippen molar-refractivity contribution < 1.29 is 14.3 Å². The number of anilines is 2. The van der Waals surface area contributed by atoms with Crippen molar-refractivity contribution in [3.8, 4) is 34.9 Å². The fourth-order valence-electron chi connectivity index (χ4n) is 3.15. The first-order valence-corrected chi connectivity index (χ1v) is 9.92. The second kappa shape index (κ2) is 9.96. The molecule has 0 saturated carbocycles. The highest BCUT2D eigenvalue weighted by atomic mass is 16.6. The molecule has 1 aromatic heterocycles. The molecule has 0 radical (unpaired) electrons. The highest BCUT2D eigenvalue weighted by Crippen LogP contribution is 2.35. The van der Waals surface area contributed by atoms with Gasteiger partial charge in [-0.2, -0.15) is 15.5 Å². The van der Waals surface area contributed by atoms with Crippen LogP contribution in [0.5, 0.6) is 11.6 Å². The van der Waals surface area contributed by atoms with Crippen molar-refractivity contribution in [2.24, 2.45) is 0 Å². The number of nitrogens with zero attached hydrogens (tertiary/aromatic N) is 3. The lowest BCUT2D eigenvalue weighted by Crippen LogP contribution is -2.32. The Balaban J connectivity index is 2.03. The van der Waals surface area contributed by atoms with E-state index >= 15 is 0 Å². The third-order valence-electron chi connectivity index (χ3n) is 4.68. The molecule has 8 nitrogen and oxygen atoms in total. The Hall–Kier alpha value is -4.56. The predicted molar refractivity (Wildman–Crippen MR) is 119 cm³/mol. The number of nitrogens with two attached hydrogens (primary N) is 2. The maximum absolute atomic E-state index is 12.8. The first kappa shape index (κ1) is 22.1. The number of rotatable bonds is 7. The van der Waals surface area contributed by atoms with Gasteiger partial charge in [-0.25, -0.2) is 4.79 Å². The van der Waals surface area contributed by atoms with Gasteiger partial charge in [-0.15, -0.1) is 0 Å². The minimum Gasteiger partial charge on any atom is -0.461 e. The number of nitriles is 2. The molecule has 0 bridgehead atoms. The molecular weight excluding hydrogens is 406 g/mol. The molecule has 4 N–H and O–H groups in total. The molecule has 1 heterocycles. The second-order valence-electron chi connectivity index (χ2n) is 6.87. The van der Waals surface area contributed by atoms with Crippen molar-refractivity contribution in [2.75, 3.05) is 11.5 Å². The van der Waals surface area contributed by atoms with Gasteiger partial charge in [0.25, 0.3) is 0 Å². The Morgan fingerprint density at radius 2 is 1.69 bits per heavy atom. The van der Waals surface area contributed by atoms with Gasteiger partial charge >= 0.3 is 5.97 Å². The second-order valence-corrected chi connectivity index (χ2v) is 6.87. The van der Waals surface area contributed by atoms with Crippen LogP contribution in [0.4, 0.5) is 11.5 Å². The molecular formula is C24H21N5O3. The topological polar surface area (TPSA) is 148 Å². The molecule has 0 saturated heterocycles. The van der Waals surface area contributed by atoms with Crippen LogP contribution >= 0.6 is 0 Å². The lowest BCUT2D eigenvalue weighted by atomic mass is 9.96. The van der Waals surface area contributed by atoms with Gasteiger partial charge in [0.05, 0.1) is 5.69 Å². The van der Waals surface area contributed by atoms with Gasteiger partial charge in [0.2, 0.25) is 5.88 Å². The minimum atomic E-state index is -1.06. The van der Waals surface area contributed by atoms with E-state index in [1.807, 2.05) is 25.1 Å². The van der Waals surface area contributed by atoms with Gasteiger partial charge < -0.3 is 20.9 Å². The number of ether oxygens (including phenoxy) is 2. The number of hydrogen-bond acceptors (Lipinski definition) is 8. The van der Waals surface area contributed by atoms with Crippen LogP contribution < -0.4 is 20.9 Å². The standard InChI is InChI=1S/C24H21N5O3/c1-2-8-20(24(30)32-19-12-7-6-11-18(19)27)31-23-17(14-26)21(15-9-4-3-5-10-15)16(13-25)22(28)29-23/h3-7,9-12,20H,2,8,27H2,1H3,(H2,28,29). The van der Waals surface area contributed by atoms with Crippen LogP contribution in [0.2, 0.25) is 0 Å². The number of hydrogen-bond donors (Lipinski definition) is 2. The maximum atomic E-state index is 12.8. The molecule has 0 amide bonds. The Bertz CT molecular complexity index is 1210. The number of carbonyl (C=O) groups is 1. The summed E-state index contributed by atoms with van der Waals surface area (Å²) < 4.78 is 11.3. The van der Waals surface area contributed by atoms with Crippen LogP contribution in [0.25, 0.3) is 11.1 Å². The molecule has 3 rings (SSSR count). The van der Waals surface area contributed by atoms with Crippen LogP contribution in [-0.4, -0.2) is 17.1 Å². The average molecular weight is 427 g/mol. The molecule has 0 spiro atoms. The molecule has 0 aliphatic heterocycles. The Morgan fingerprint density at radius 1 is 1.03 bits per heavy atom. The fourth-order valence-corrected chi connectivity index (χ4v) is 3.15. The van der Waals surface area contributed by atoms with Crippen molar-refractivity contribution in [2.45, 2.75) is 25.9 Å². The molecule has 1 atom stereocenters. The van der Waals surface area contributed by atoms with E-state index in [1.165, 1.54) is 0 Å². The third-order valence-corrected chi connectivity index (χ3v) is 4.68. The lowest BCUT2D eigenvalue weighted by molar-refractivity contribution is -0.142. The maximum Gasteiger partial charge on any atom is 0.352 e. The van der Waals surface area contributed by atoms with Gasteiger partial charge in [-0.3, -0.25) is 0 Å². The van der Waals surface area contributed by atoms with E-state index < -0.39 is 12.1 Å². The average Bonchev–Trinajstić information content (AvgIpc) is 2.80. The molecule has 160 valence electrons. The van der Waals surface area contributed by atoms with Crippen molar-refractivity contribution in [3.63, 3.8) is 0 Å². The summed E-state index contributed by atoms with van der Waals surface area (Å²) in [5, 5.41) is 19.5. The number of esters is 1. The molecule has 3 aromatic rings. The van der Waals surface area contributed by atoms with Crippen LogP contribution in [0.15, 0.2) is 54.6 Å². The van der Waals surface area contributed by atoms with E-state index in [1.54, 1.807) is 48.5 Å². The fraction of sp³-hybridized carbons (Fsp3) is 0.167. The number of carbonyl (C=O) groups excluding carboxylic acids is 1. The summed E-state index contributed by atoms with van der Waals surface area (Å²) in [6.45, 7) is 1.88. The molecule has 0 aliphatic carbocycles. The molecule has 0 aliphatic rings. The van der Waals surface area contributed by atoms with Gasteiger partial charge in [-0.1, -0.05) is 55.8 Å². The molecule has 0 fully saturated rings. The summed E-state index contributed by atoms with van der Waals surface area (Å²) in [4.78, 5) is 16.9. The van der Waals surface area contributed by atoms with Crippen LogP contribution in [0.1, 0.15) is 30.9 Å². The number of para-hydroxylation sites is 2. The van der Waals surface area contributed by atoms with E-state index in [4.69, 9.17) is 20.9 Å². The Morgan fingerprint density at radius 3 is 2.31 bits per heavy atom. The first-order chi connectivity index (χ1) is 15.5. The van der Waals surface area contributed by atoms with Crippen molar-refractivity contribution >= 4 is 17.5 Å². The zero-order valence-electron chi connectivity index (χ0n) is 17.4. The van der Waals surface area contributed by atoms with Gasteiger partial charge in [-0.05, 0) is 24.1 Å². The molecule has 8 heteroatoms. The van der Waals surface area contributed by atoms with Crippen molar-refractivity contribution in [1.82, 2.24) is 4.98 Å². The summed E-state index contributed by atoms with van der Waals surface area (Å²) in [5.41, 5.74) is 13.1. The summed E-state index contributed by atoms with van der Waals surface area (Å²) >= 11 is 0. The van der Waals surface area contributed by atoms with Gasteiger partial charge in [0, 0.05) is 5.56 Å². The highest BCUT2D eigenvalue weighted by Gasteiger charge is 2.28. The zero-order valence-corrected chi connectivity index (χ0v) is 17.4. The number of aromatic nitrogens is 1. The summed E-state index contributed by atoms with van der Waals surface area (Å²) in [6.07, 6.45) is -0.155. The van der Waals surface area contributed by atoms with Crippen molar-refractivity contribution in [1.29, 1.82) is 10.5 Å². The quantitative estimate of drug-likeness (QED) is 0.328. The van der Waals surface area contributed by atoms with Crippen LogP contribution in [-0.2, 0) is 4.79 Å². The SMILES string of the molecule is CCCC(Oc1nc(N)c(C#N)c(-c2ccccc2)c1C#N)C(=O)Oc1ccccc1N. The van der Waals surface area contributed by atoms with E-state index in [2.05, 4.69) is 4.98 Å². The smallest absolute Gasteiger partial charge is 0.352 e. The van der Waals surface area contributed by atoms with E-state index in [9.17, 15) is 15.3 Å². The first-order valence-electron chi connectivity index (χ1n) is 9.92. The van der Waals surface area contributed by atoms with Crippen molar-refractivity contribution in [3.05, 3.63) is 65.7 Å². The monoisotopic (exact) mass is 427 g/mol. The highest BCUT2D eigenvalue weighted by molar-refractivity contribution is 5.83. The summed E-state index contributed by atoms with van der Waals surface area (Å²) in [5.74, 6) is -0.713. The van der Waals surface area contributed by atoms with Gasteiger partial charge in [0.15, 0.2) is 11.9 Å². The number of benzene rings is 2. The summed E-state index contributed by atoms with van der Waals surface area (Å²) in [6, 6.07) is 19.5. The lowest BCUT2D eigenvalue weighted by Gasteiger charge is -2.19. The van der Waals surface area contributed by atoms with Crippen LogP contribution in [0, 0.1) is 22.7 Å². The van der Waals surface area contributed by atoms with Gasteiger partial charge in [0.1, 0.15) is 29.1 Å². The number of pyridine rings is 1. The van der Waals surface area contributed by atoms with E-state index in [0.717, 1.165) is 0 Å². The Kier molecular flexibility index (Phi) is 6.89. The molecule has 1 unspecified atom stereocenters. The van der Waals surface area contributed by atoms with E-state index in [0.29, 0.717) is 29.7 Å². The third kappa shape index (κ3) is 4.61. The predicted octanol–water partition coefficient (Wildman–Crippen LogP) is 3.81. The minimum absolute atomic E-state index is 0.00933. The number of nitrogen functional groups attached to an aromatic ring is 2. The normalized spacial score (nSPS) is 11.1. The largest absolute Gasteiger partial charge is 0.461 e. The molecule has 32 heavy (non-hydrogen) atoms. The molecule has 2 aromatic carbocycles. The zero-order chi connectivity index (χ0) is 23.1. The van der Waals surface area contributed by atoms with E-state index in [-0.39, 0.29) is 28.6 Å². The summed E-state index contributed by atoms with van der Waals surface area (Å²) in [7, 11) is 0. The van der Waals surface area contributed by atoms with Crippen LogP contribution in [0.3, 0.4) is 0 Å². The Labute approximate surface area is 185 Å².